The van der Waals surface area contributed by atoms with Gasteiger partial charge >= 0.3 is 20.8 Å². The summed E-state index contributed by atoms with van der Waals surface area (Å²) in [6.45, 7) is 0.0520. The Morgan fingerprint density at radius 1 is 0.500 bits per heavy atom. The SMILES string of the molecule is O=c1c2ccccc2nc(-c2ccc(OS(=O)(=O)O)cc2)n1Cc1ccccc1Cn1c(-c2ccc(OS(=O)(=O)O)cc2)nc2ccccc2c1=O. The highest BCUT2D eigenvalue weighted by molar-refractivity contribution is 7.81. The first-order valence-electron chi connectivity index (χ1n) is 15.4. The highest BCUT2D eigenvalue weighted by Gasteiger charge is 2.19. The molecule has 0 aliphatic heterocycles. The number of hydrogen-bond donors (Lipinski definition) is 2. The van der Waals surface area contributed by atoms with Gasteiger partial charge in [-0.05, 0) is 83.9 Å². The molecule has 0 radical (unpaired) electrons. The van der Waals surface area contributed by atoms with Gasteiger partial charge in [0, 0.05) is 11.1 Å². The molecule has 262 valence electrons. The highest BCUT2D eigenvalue weighted by atomic mass is 32.3. The molecule has 2 N–H and O–H groups in total. The molecule has 0 atom stereocenters. The molecule has 0 aliphatic rings. The molecule has 16 heteroatoms. The maximum Gasteiger partial charge on any atom is 0.446 e. The van der Waals surface area contributed by atoms with E-state index in [0.29, 0.717) is 44.1 Å². The van der Waals surface area contributed by atoms with Crippen molar-refractivity contribution in [3.05, 3.63) is 153 Å². The molecule has 7 aromatic rings. The molecule has 7 rings (SSSR count). The minimum absolute atomic E-state index is 0.0260. The first-order chi connectivity index (χ1) is 24.8. The van der Waals surface area contributed by atoms with Gasteiger partial charge < -0.3 is 8.37 Å². The number of nitrogens with zero attached hydrogens (tertiary/aromatic N) is 4. The van der Waals surface area contributed by atoms with E-state index in [2.05, 4.69) is 8.37 Å². The second kappa shape index (κ2) is 13.5. The van der Waals surface area contributed by atoms with Crippen LogP contribution in [0.1, 0.15) is 11.1 Å². The van der Waals surface area contributed by atoms with Crippen LogP contribution in [0.15, 0.2) is 131 Å². The Bertz CT molecular complexity index is 2640. The summed E-state index contributed by atoms with van der Waals surface area (Å²) >= 11 is 0. The maximum absolute atomic E-state index is 14.1. The number of rotatable bonds is 10. The molecule has 0 bridgehead atoms. The lowest BCUT2D eigenvalue weighted by Gasteiger charge is -2.18. The van der Waals surface area contributed by atoms with Gasteiger partial charge in [0.1, 0.15) is 23.1 Å². The zero-order valence-corrected chi connectivity index (χ0v) is 28.4. The number of para-hydroxylation sites is 2. The summed E-state index contributed by atoms with van der Waals surface area (Å²) in [4.78, 5) is 37.7. The van der Waals surface area contributed by atoms with Crippen molar-refractivity contribution >= 4 is 42.6 Å². The van der Waals surface area contributed by atoms with E-state index >= 15 is 0 Å². The summed E-state index contributed by atoms with van der Waals surface area (Å²) in [6, 6.07) is 32.3. The summed E-state index contributed by atoms with van der Waals surface area (Å²) in [6.07, 6.45) is 0. The van der Waals surface area contributed by atoms with E-state index in [1.807, 2.05) is 12.1 Å². The molecule has 2 aromatic heterocycles. The van der Waals surface area contributed by atoms with Crippen molar-refractivity contribution in [2.24, 2.45) is 0 Å². The summed E-state index contributed by atoms with van der Waals surface area (Å²) in [7, 11) is -9.50. The van der Waals surface area contributed by atoms with Crippen LogP contribution in [0.3, 0.4) is 0 Å². The first-order valence-corrected chi connectivity index (χ1v) is 18.2. The van der Waals surface area contributed by atoms with Gasteiger partial charge in [-0.2, -0.15) is 16.8 Å². The topological polar surface area (TPSA) is 197 Å². The average molecular weight is 739 g/mol. The third kappa shape index (κ3) is 7.31. The molecular formula is C36H26N4O10S2. The predicted octanol–water partition coefficient (Wildman–Crippen LogP) is 4.90. The molecule has 0 fully saturated rings. The third-order valence-corrected chi connectivity index (χ3v) is 8.93. The average Bonchev–Trinajstić information content (AvgIpc) is 3.10. The van der Waals surface area contributed by atoms with Crippen LogP contribution in [0, 0.1) is 0 Å². The summed E-state index contributed by atoms with van der Waals surface area (Å²) in [5.41, 5.74) is 2.48. The summed E-state index contributed by atoms with van der Waals surface area (Å²) < 4.78 is 75.2. The Morgan fingerprint density at radius 2 is 0.846 bits per heavy atom. The molecule has 2 heterocycles. The van der Waals surface area contributed by atoms with Crippen LogP contribution in [0.25, 0.3) is 44.6 Å². The van der Waals surface area contributed by atoms with E-state index in [1.165, 1.54) is 57.7 Å². The molecule has 0 unspecified atom stereocenters. The molecule has 0 saturated heterocycles. The molecule has 5 aromatic carbocycles. The van der Waals surface area contributed by atoms with E-state index < -0.39 is 20.8 Å². The second-order valence-corrected chi connectivity index (χ2v) is 13.6. The molecule has 14 nitrogen and oxygen atoms in total. The van der Waals surface area contributed by atoms with Gasteiger partial charge in [0.2, 0.25) is 0 Å². The Hall–Kier alpha value is -6.20. The number of aromatic nitrogens is 4. The molecule has 52 heavy (non-hydrogen) atoms. The minimum atomic E-state index is -4.75. The van der Waals surface area contributed by atoms with Crippen molar-refractivity contribution < 1.29 is 34.3 Å². The summed E-state index contributed by atoms with van der Waals surface area (Å²) in [5, 5.41) is 0.738. The maximum atomic E-state index is 14.1. The van der Waals surface area contributed by atoms with Crippen LogP contribution in [-0.2, 0) is 33.9 Å². The van der Waals surface area contributed by atoms with Gasteiger partial charge in [0.15, 0.2) is 0 Å². The summed E-state index contributed by atoms with van der Waals surface area (Å²) in [5.74, 6) is 0.262. The predicted molar refractivity (Wildman–Crippen MR) is 192 cm³/mol. The van der Waals surface area contributed by atoms with Crippen molar-refractivity contribution in [3.63, 3.8) is 0 Å². The van der Waals surface area contributed by atoms with Gasteiger partial charge in [0.25, 0.3) is 11.1 Å². The largest absolute Gasteiger partial charge is 0.446 e. The Kier molecular flexibility index (Phi) is 8.89. The van der Waals surface area contributed by atoms with E-state index in [9.17, 15) is 26.4 Å². The van der Waals surface area contributed by atoms with Crippen LogP contribution in [0.2, 0.25) is 0 Å². The monoisotopic (exact) mass is 738 g/mol. The first kappa shape index (κ1) is 34.3. The minimum Gasteiger partial charge on any atom is -0.362 e. The van der Waals surface area contributed by atoms with Crippen LogP contribution in [0.4, 0.5) is 0 Å². The van der Waals surface area contributed by atoms with Crippen molar-refractivity contribution in [1.29, 1.82) is 0 Å². The van der Waals surface area contributed by atoms with Crippen molar-refractivity contribution in [2.45, 2.75) is 13.1 Å². The smallest absolute Gasteiger partial charge is 0.362 e. The molecular weight excluding hydrogens is 713 g/mol. The Morgan fingerprint density at radius 3 is 1.21 bits per heavy atom. The standard InChI is InChI=1S/C36H26N4O10S2/c41-35-29-9-3-5-11-31(29)37-33(23-13-17-27(18-14-23)49-51(43,44)45)39(35)21-25-7-1-2-8-26(25)22-40-34(38-32-12-6-4-10-30(32)36(40)42)24-15-19-28(20-16-24)50-52(46,47)48/h1-20H,21-22H2,(H,43,44,45)(H,46,47,48). The molecule has 0 aliphatic carbocycles. The normalized spacial score (nSPS) is 11.9. The lowest BCUT2D eigenvalue weighted by Crippen LogP contribution is -2.26. The van der Waals surface area contributed by atoms with E-state index in [-0.39, 0.29) is 47.4 Å². The fourth-order valence-corrected chi connectivity index (χ4v) is 6.55. The molecule has 0 spiro atoms. The van der Waals surface area contributed by atoms with Crippen LogP contribution in [-0.4, -0.2) is 45.0 Å². The lowest BCUT2D eigenvalue weighted by molar-refractivity contribution is 0.384. The van der Waals surface area contributed by atoms with Crippen molar-refractivity contribution in [2.75, 3.05) is 0 Å². The van der Waals surface area contributed by atoms with Gasteiger partial charge in [-0.1, -0.05) is 48.5 Å². The van der Waals surface area contributed by atoms with E-state index in [1.54, 1.807) is 60.7 Å². The quantitative estimate of drug-likeness (QED) is 0.180. The van der Waals surface area contributed by atoms with Crippen LogP contribution >= 0.6 is 0 Å². The van der Waals surface area contributed by atoms with Crippen molar-refractivity contribution in [1.82, 2.24) is 19.1 Å². The fourth-order valence-electron chi connectivity index (χ4n) is 5.84. The Balaban J connectivity index is 1.33. The Labute approximate surface area is 295 Å². The highest BCUT2D eigenvalue weighted by Crippen LogP contribution is 2.26. The second-order valence-electron chi connectivity index (χ2n) is 11.5. The van der Waals surface area contributed by atoms with E-state index in [0.717, 1.165) is 0 Å². The zero-order valence-electron chi connectivity index (χ0n) is 26.7. The fraction of sp³-hybridized carbons (Fsp3) is 0.0556. The van der Waals surface area contributed by atoms with Gasteiger partial charge in [-0.15, -0.1) is 0 Å². The number of benzene rings is 5. The lowest BCUT2D eigenvalue weighted by atomic mass is 10.1. The third-order valence-electron chi connectivity index (χ3n) is 8.13. The van der Waals surface area contributed by atoms with Crippen LogP contribution < -0.4 is 19.5 Å². The molecule has 0 saturated carbocycles. The zero-order chi connectivity index (χ0) is 36.6. The van der Waals surface area contributed by atoms with Gasteiger partial charge in [-0.3, -0.25) is 27.8 Å². The number of hydrogen-bond acceptors (Lipinski definition) is 10. The van der Waals surface area contributed by atoms with Gasteiger partial charge in [0.05, 0.1) is 34.9 Å². The van der Waals surface area contributed by atoms with Gasteiger partial charge in [-0.25, -0.2) is 9.97 Å². The van der Waals surface area contributed by atoms with Crippen molar-refractivity contribution in [3.8, 4) is 34.3 Å². The van der Waals surface area contributed by atoms with Crippen LogP contribution in [0.5, 0.6) is 11.5 Å². The molecule has 0 amide bonds. The van der Waals surface area contributed by atoms with E-state index in [4.69, 9.17) is 19.1 Å². The number of fused-ring (bicyclic) bond motifs is 2.